The highest BCUT2D eigenvalue weighted by Crippen LogP contribution is 2.35. The van der Waals surface area contributed by atoms with Crippen LogP contribution in [0.25, 0.3) is 0 Å². The number of benzene rings is 2. The molecule has 182 valence electrons. The van der Waals surface area contributed by atoms with E-state index >= 15 is 8.78 Å². The molecule has 0 saturated carbocycles. The maximum absolute atomic E-state index is 15.1. The van der Waals surface area contributed by atoms with E-state index in [1.54, 1.807) is 35.7 Å². The van der Waals surface area contributed by atoms with Crippen molar-refractivity contribution in [2.45, 2.75) is 36.7 Å². The summed E-state index contributed by atoms with van der Waals surface area (Å²) >= 11 is 5.80. The monoisotopic (exact) mass is 509 g/mol. The van der Waals surface area contributed by atoms with Gasteiger partial charge in [0.1, 0.15) is 29.6 Å². The molecule has 4 amide bonds. The third-order valence-corrected chi connectivity index (χ3v) is 7.53. The van der Waals surface area contributed by atoms with Crippen LogP contribution in [0, 0.1) is 0 Å². The van der Waals surface area contributed by atoms with Crippen molar-refractivity contribution in [3.8, 4) is 0 Å². The van der Waals surface area contributed by atoms with E-state index in [0.717, 1.165) is 16.9 Å². The molecule has 0 spiro atoms. The van der Waals surface area contributed by atoms with E-state index in [-0.39, 0.29) is 36.2 Å². The first-order valence-electron chi connectivity index (χ1n) is 11.5. The largest absolute Gasteiger partial charge is 0.393 e. The second kappa shape index (κ2) is 9.10. The Balaban J connectivity index is 1.63. The van der Waals surface area contributed by atoms with Crippen LogP contribution in [0.4, 0.5) is 8.78 Å². The molecular formula is C22H22B4ClF2N3O4. The number of alkyl halides is 2. The third-order valence-electron chi connectivity index (χ3n) is 7.28. The SMILES string of the molecule is Bc1c(C(B)(B)N(B)C(=O)C(F)(F)c2ccc(Cl)cc2)ccc2c1CN(C1CCC(=O)NC1=O)C2=O. The molecule has 0 radical (unpaired) electrons. The number of piperidine rings is 1. The summed E-state index contributed by atoms with van der Waals surface area (Å²) < 4.78 is 30.2. The van der Waals surface area contributed by atoms with Gasteiger partial charge in [-0.25, -0.2) is 0 Å². The summed E-state index contributed by atoms with van der Waals surface area (Å²) in [6.07, 6.45) is 0.376. The molecule has 1 atom stereocenters. The molecule has 2 heterocycles. The van der Waals surface area contributed by atoms with Crippen LogP contribution >= 0.6 is 11.6 Å². The Kier molecular flexibility index (Phi) is 6.58. The average Bonchev–Trinajstić information content (AvgIpc) is 3.15. The fraction of sp³-hybridized carbons (Fsp3) is 0.273. The van der Waals surface area contributed by atoms with E-state index in [2.05, 4.69) is 5.32 Å². The highest BCUT2D eigenvalue weighted by atomic mass is 35.5. The molecule has 1 N–H and O–H groups in total. The van der Waals surface area contributed by atoms with E-state index in [1.807, 2.05) is 0 Å². The molecule has 7 nitrogen and oxygen atoms in total. The first-order chi connectivity index (χ1) is 16.8. The summed E-state index contributed by atoms with van der Waals surface area (Å²) in [6.45, 7) is 0.148. The number of rotatable bonds is 5. The predicted octanol–water partition coefficient (Wildman–Crippen LogP) is -2.10. The number of halogens is 3. The summed E-state index contributed by atoms with van der Waals surface area (Å²) in [6, 6.07) is 7.35. The molecule has 1 fully saturated rings. The Morgan fingerprint density at radius 2 is 1.75 bits per heavy atom. The van der Waals surface area contributed by atoms with Crippen LogP contribution in [0.15, 0.2) is 36.4 Å². The van der Waals surface area contributed by atoms with Gasteiger partial charge >= 0.3 is 5.92 Å². The van der Waals surface area contributed by atoms with Crippen molar-refractivity contribution in [1.82, 2.24) is 15.0 Å². The van der Waals surface area contributed by atoms with Crippen LogP contribution < -0.4 is 10.8 Å². The van der Waals surface area contributed by atoms with Crippen LogP contribution in [-0.2, 0) is 32.2 Å². The van der Waals surface area contributed by atoms with Gasteiger partial charge in [-0.05, 0) is 41.1 Å². The molecule has 0 aliphatic carbocycles. The van der Waals surface area contributed by atoms with E-state index in [9.17, 15) is 19.2 Å². The summed E-state index contributed by atoms with van der Waals surface area (Å²) in [5.41, 5.74) is 1.89. The lowest BCUT2D eigenvalue weighted by molar-refractivity contribution is -0.155. The molecular weight excluding hydrogens is 487 g/mol. The Hall–Kier alpha value is -3.07. The maximum Gasteiger partial charge on any atom is 0.348 e. The van der Waals surface area contributed by atoms with Crippen molar-refractivity contribution in [3.05, 3.63) is 63.7 Å². The number of imide groups is 1. The number of carbonyl (C=O) groups is 4. The zero-order valence-electron chi connectivity index (χ0n) is 20.3. The van der Waals surface area contributed by atoms with Gasteiger partial charge in [0, 0.05) is 29.1 Å². The van der Waals surface area contributed by atoms with Gasteiger partial charge in [0.2, 0.25) is 19.8 Å². The van der Waals surface area contributed by atoms with Gasteiger partial charge in [-0.2, -0.15) is 8.78 Å². The second-order valence-corrected chi connectivity index (χ2v) is 10.1. The summed E-state index contributed by atoms with van der Waals surface area (Å²) in [4.78, 5) is 52.4. The minimum absolute atomic E-state index is 0.141. The summed E-state index contributed by atoms with van der Waals surface area (Å²) in [5.74, 6) is -6.37. The highest BCUT2D eigenvalue weighted by Gasteiger charge is 2.47. The van der Waals surface area contributed by atoms with Crippen molar-refractivity contribution in [2.75, 3.05) is 0 Å². The van der Waals surface area contributed by atoms with Gasteiger partial charge in [-0.1, -0.05) is 35.3 Å². The van der Waals surface area contributed by atoms with Crippen LogP contribution in [0.3, 0.4) is 0 Å². The standard InChI is InChI=1S/C22H22B4ClF2N3O4/c23-17-13-9-31(15-7-8-16(33)30-18(15)34)19(35)12(13)5-6-14(17)22(24,25)32(26)20(36)21(28,29)10-1-3-11(27)4-2-10/h1-6,15H,7-9,23-26H2,(H,30,33,34). The zero-order chi connectivity index (χ0) is 26.6. The molecule has 2 aliphatic rings. The molecule has 14 heteroatoms. The number of carbonyl (C=O) groups excluding carboxylic acids is 4. The lowest BCUT2D eigenvalue weighted by atomic mass is 9.53. The molecule has 0 aromatic heterocycles. The van der Waals surface area contributed by atoms with Crippen LogP contribution in [0.2, 0.25) is 5.02 Å². The van der Waals surface area contributed by atoms with Gasteiger partial charge in [-0.15, -0.1) is 0 Å². The molecule has 0 bridgehead atoms. The Morgan fingerprint density at radius 1 is 1.11 bits per heavy atom. The van der Waals surface area contributed by atoms with E-state index in [4.69, 9.17) is 11.6 Å². The first-order valence-corrected chi connectivity index (χ1v) is 11.8. The summed E-state index contributed by atoms with van der Waals surface area (Å²) in [5, 5.41) is 1.39. The molecule has 4 rings (SSSR count). The molecule has 1 saturated heterocycles. The summed E-state index contributed by atoms with van der Waals surface area (Å²) in [7, 11) is 6.41. The fourth-order valence-corrected chi connectivity index (χ4v) is 5.01. The Labute approximate surface area is 215 Å². The lowest BCUT2D eigenvalue weighted by Gasteiger charge is -2.41. The van der Waals surface area contributed by atoms with Gasteiger partial charge in [0.25, 0.3) is 11.8 Å². The fourth-order valence-electron chi connectivity index (χ4n) is 4.88. The van der Waals surface area contributed by atoms with Crippen LogP contribution in [0.5, 0.6) is 0 Å². The molecule has 2 aromatic carbocycles. The van der Waals surface area contributed by atoms with Crippen molar-refractivity contribution in [2.24, 2.45) is 0 Å². The normalized spacial score (nSPS) is 18.1. The van der Waals surface area contributed by atoms with Crippen molar-refractivity contribution in [3.63, 3.8) is 0 Å². The van der Waals surface area contributed by atoms with Crippen molar-refractivity contribution < 1.29 is 28.0 Å². The number of hydrogen-bond donors (Lipinski definition) is 1. The van der Waals surface area contributed by atoms with Gasteiger partial charge in [0.05, 0.1) is 0 Å². The first kappa shape index (κ1) is 26.0. The predicted molar refractivity (Wildman–Crippen MR) is 140 cm³/mol. The minimum atomic E-state index is -3.78. The average molecular weight is 509 g/mol. The van der Waals surface area contributed by atoms with Crippen molar-refractivity contribution in [1.29, 1.82) is 0 Å². The Bertz CT molecular complexity index is 1290. The minimum Gasteiger partial charge on any atom is -0.393 e. The molecule has 2 aromatic rings. The van der Waals surface area contributed by atoms with Crippen LogP contribution in [0.1, 0.15) is 39.9 Å². The molecule has 2 aliphatic heterocycles. The lowest BCUT2D eigenvalue weighted by Crippen LogP contribution is -2.55. The highest BCUT2D eigenvalue weighted by molar-refractivity contribution is 6.46. The number of fused-ring (bicyclic) bond motifs is 1. The quantitative estimate of drug-likeness (QED) is 0.370. The topological polar surface area (TPSA) is 86.8 Å². The zero-order valence-corrected chi connectivity index (χ0v) is 21.1. The van der Waals surface area contributed by atoms with E-state index in [0.29, 0.717) is 22.2 Å². The Morgan fingerprint density at radius 3 is 2.36 bits per heavy atom. The number of nitrogens with one attached hydrogen (secondary N) is 1. The molecule has 1 unspecified atom stereocenters. The third kappa shape index (κ3) is 4.23. The number of nitrogens with zero attached hydrogens (tertiary/aromatic N) is 2. The van der Waals surface area contributed by atoms with Gasteiger partial charge in [0.15, 0.2) is 0 Å². The molecule has 36 heavy (non-hydrogen) atoms. The van der Waals surface area contributed by atoms with Crippen molar-refractivity contribution >= 4 is 72.2 Å². The van der Waals surface area contributed by atoms with Gasteiger partial charge < -0.3 is 9.71 Å². The number of amides is 4. The smallest absolute Gasteiger partial charge is 0.348 e. The van der Waals surface area contributed by atoms with E-state index < -0.39 is 34.7 Å². The van der Waals surface area contributed by atoms with Crippen LogP contribution in [-0.4, -0.2) is 70.9 Å². The van der Waals surface area contributed by atoms with Gasteiger partial charge in [-0.3, -0.25) is 24.5 Å². The number of hydrogen-bond acceptors (Lipinski definition) is 4. The maximum atomic E-state index is 15.1. The second-order valence-electron chi connectivity index (χ2n) is 9.67. The van der Waals surface area contributed by atoms with E-state index in [1.165, 1.54) is 25.0 Å².